The highest BCUT2D eigenvalue weighted by Crippen LogP contribution is 2.25. The van der Waals surface area contributed by atoms with E-state index in [0.29, 0.717) is 6.54 Å². The van der Waals surface area contributed by atoms with E-state index < -0.39 is 11.9 Å². The average molecular weight is 328 g/mol. The van der Waals surface area contributed by atoms with Gasteiger partial charge in [0.15, 0.2) is 0 Å². The molecule has 0 radical (unpaired) electrons. The second kappa shape index (κ2) is 7.29. The van der Waals surface area contributed by atoms with Crippen LogP contribution in [0.4, 0.5) is 10.1 Å². The molecule has 0 aromatic heterocycles. The minimum absolute atomic E-state index is 0.0615. The van der Waals surface area contributed by atoms with Crippen molar-refractivity contribution in [3.63, 3.8) is 0 Å². The highest BCUT2D eigenvalue weighted by atomic mass is 35.5. The molecule has 1 aliphatic heterocycles. The molecule has 1 aromatic rings. The van der Waals surface area contributed by atoms with E-state index in [1.54, 1.807) is 12.1 Å². The van der Waals surface area contributed by atoms with E-state index in [2.05, 4.69) is 10.2 Å². The van der Waals surface area contributed by atoms with Crippen LogP contribution in [-0.4, -0.2) is 31.1 Å². The molecule has 2 rings (SSSR count). The number of nitrogens with two attached hydrogens (primary N) is 1. The number of nitrogens with zero attached hydrogens (tertiary/aromatic N) is 1. The van der Waals surface area contributed by atoms with Crippen LogP contribution in [0.1, 0.15) is 26.7 Å². The largest absolute Gasteiger partial charge is 0.369 e. The number of amides is 1. The highest BCUT2D eigenvalue weighted by molar-refractivity contribution is 6.31. The standard InChI is InChI=1S/C16H23ClFN3O/c1-3-10(2)15(19)16(22)20-11-6-7-21(9-11)12-4-5-14(18)13(17)8-12/h4-5,8,10-11,15H,3,6-7,9,19H2,1-2H3,(H,20,22). The molecule has 3 atom stereocenters. The molecule has 6 heteroatoms. The second-order valence-electron chi connectivity index (χ2n) is 5.95. The molecule has 22 heavy (non-hydrogen) atoms. The number of carbonyl (C=O) groups is 1. The van der Waals surface area contributed by atoms with E-state index in [1.807, 2.05) is 13.8 Å². The van der Waals surface area contributed by atoms with Crippen LogP contribution in [0.3, 0.4) is 0 Å². The van der Waals surface area contributed by atoms with E-state index in [-0.39, 0.29) is 22.9 Å². The van der Waals surface area contributed by atoms with Crippen molar-refractivity contribution in [1.82, 2.24) is 5.32 Å². The molecular formula is C16H23ClFN3O. The Labute approximate surface area is 135 Å². The summed E-state index contributed by atoms with van der Waals surface area (Å²) in [7, 11) is 0. The molecule has 1 amide bonds. The first-order valence-electron chi connectivity index (χ1n) is 7.68. The zero-order valence-corrected chi connectivity index (χ0v) is 13.7. The molecule has 0 spiro atoms. The fraction of sp³-hybridized carbons (Fsp3) is 0.562. The quantitative estimate of drug-likeness (QED) is 0.873. The Morgan fingerprint density at radius 1 is 1.59 bits per heavy atom. The summed E-state index contributed by atoms with van der Waals surface area (Å²) in [5.41, 5.74) is 6.82. The number of nitrogens with one attached hydrogen (secondary N) is 1. The van der Waals surface area contributed by atoms with Crippen LogP contribution in [0.15, 0.2) is 18.2 Å². The van der Waals surface area contributed by atoms with Crippen molar-refractivity contribution in [2.75, 3.05) is 18.0 Å². The summed E-state index contributed by atoms with van der Waals surface area (Å²) in [5, 5.41) is 3.12. The lowest BCUT2D eigenvalue weighted by Crippen LogP contribution is -2.49. The molecule has 1 aliphatic rings. The van der Waals surface area contributed by atoms with Crippen LogP contribution in [0.5, 0.6) is 0 Å². The topological polar surface area (TPSA) is 58.4 Å². The molecule has 0 saturated carbocycles. The first-order chi connectivity index (χ1) is 10.4. The summed E-state index contributed by atoms with van der Waals surface area (Å²) in [4.78, 5) is 14.2. The third kappa shape index (κ3) is 3.90. The summed E-state index contributed by atoms with van der Waals surface area (Å²) >= 11 is 5.82. The van der Waals surface area contributed by atoms with Crippen LogP contribution < -0.4 is 16.0 Å². The lowest BCUT2D eigenvalue weighted by Gasteiger charge is -2.22. The maximum atomic E-state index is 13.2. The van der Waals surface area contributed by atoms with Crippen molar-refractivity contribution in [1.29, 1.82) is 0 Å². The smallest absolute Gasteiger partial charge is 0.237 e. The monoisotopic (exact) mass is 327 g/mol. The van der Waals surface area contributed by atoms with Gasteiger partial charge in [0.1, 0.15) is 5.82 Å². The summed E-state index contributed by atoms with van der Waals surface area (Å²) in [5.74, 6) is -0.360. The minimum atomic E-state index is -0.473. The number of benzene rings is 1. The fourth-order valence-corrected chi connectivity index (χ4v) is 2.78. The first-order valence-corrected chi connectivity index (χ1v) is 8.06. The zero-order valence-electron chi connectivity index (χ0n) is 13.0. The Bertz CT molecular complexity index is 540. The second-order valence-corrected chi connectivity index (χ2v) is 6.36. The van der Waals surface area contributed by atoms with Gasteiger partial charge in [-0.15, -0.1) is 0 Å². The van der Waals surface area contributed by atoms with Crippen molar-refractivity contribution < 1.29 is 9.18 Å². The van der Waals surface area contributed by atoms with Gasteiger partial charge in [-0.25, -0.2) is 4.39 Å². The van der Waals surface area contributed by atoms with E-state index in [1.165, 1.54) is 6.07 Å². The maximum absolute atomic E-state index is 13.2. The van der Waals surface area contributed by atoms with E-state index >= 15 is 0 Å². The van der Waals surface area contributed by atoms with Gasteiger partial charge in [0.25, 0.3) is 0 Å². The summed E-state index contributed by atoms with van der Waals surface area (Å²) in [6, 6.07) is 4.27. The number of halogens is 2. The zero-order chi connectivity index (χ0) is 16.3. The normalized spacial score (nSPS) is 20.8. The van der Waals surface area contributed by atoms with Gasteiger partial charge in [-0.2, -0.15) is 0 Å². The average Bonchev–Trinajstić information content (AvgIpc) is 2.96. The molecule has 3 N–H and O–H groups in total. The Kier molecular flexibility index (Phi) is 5.64. The van der Waals surface area contributed by atoms with Gasteiger partial charge in [0.05, 0.1) is 11.1 Å². The lowest BCUT2D eigenvalue weighted by molar-refractivity contribution is -0.124. The summed E-state index contributed by atoms with van der Waals surface area (Å²) in [6.45, 7) is 5.48. The number of hydrogen-bond acceptors (Lipinski definition) is 3. The molecule has 122 valence electrons. The number of anilines is 1. The number of hydrogen-bond donors (Lipinski definition) is 2. The molecule has 4 nitrogen and oxygen atoms in total. The molecule has 1 fully saturated rings. The van der Waals surface area contributed by atoms with Gasteiger partial charge >= 0.3 is 0 Å². The van der Waals surface area contributed by atoms with Crippen molar-refractivity contribution in [3.05, 3.63) is 29.0 Å². The van der Waals surface area contributed by atoms with Gasteiger partial charge < -0.3 is 16.0 Å². The molecule has 1 heterocycles. The SMILES string of the molecule is CCC(C)C(N)C(=O)NC1CCN(c2ccc(F)c(Cl)c2)C1. The van der Waals surface area contributed by atoms with Gasteiger partial charge in [0.2, 0.25) is 5.91 Å². The van der Waals surface area contributed by atoms with Crippen molar-refractivity contribution in [2.24, 2.45) is 11.7 Å². The van der Waals surface area contributed by atoms with Gasteiger partial charge in [-0.05, 0) is 30.5 Å². The van der Waals surface area contributed by atoms with Crippen LogP contribution in [0, 0.1) is 11.7 Å². The Morgan fingerprint density at radius 3 is 2.95 bits per heavy atom. The van der Waals surface area contributed by atoms with E-state index in [9.17, 15) is 9.18 Å². The van der Waals surface area contributed by atoms with Crippen molar-refractivity contribution >= 4 is 23.2 Å². The van der Waals surface area contributed by atoms with Gasteiger partial charge in [-0.1, -0.05) is 31.9 Å². The van der Waals surface area contributed by atoms with Gasteiger partial charge in [-0.3, -0.25) is 4.79 Å². The lowest BCUT2D eigenvalue weighted by atomic mass is 9.99. The third-order valence-electron chi connectivity index (χ3n) is 4.36. The molecule has 0 aliphatic carbocycles. The van der Waals surface area contributed by atoms with Crippen LogP contribution in [-0.2, 0) is 4.79 Å². The maximum Gasteiger partial charge on any atom is 0.237 e. The predicted molar refractivity (Wildman–Crippen MR) is 87.6 cm³/mol. The van der Waals surface area contributed by atoms with E-state index in [4.69, 9.17) is 17.3 Å². The molecule has 1 saturated heterocycles. The first kappa shape index (κ1) is 17.0. The van der Waals surface area contributed by atoms with E-state index in [0.717, 1.165) is 25.1 Å². The molecule has 3 unspecified atom stereocenters. The molecule has 0 bridgehead atoms. The van der Waals surface area contributed by atoms with Gasteiger partial charge in [0, 0.05) is 24.8 Å². The molecule has 1 aromatic carbocycles. The number of rotatable bonds is 5. The van der Waals surface area contributed by atoms with Crippen molar-refractivity contribution in [3.8, 4) is 0 Å². The Balaban J connectivity index is 1.92. The van der Waals surface area contributed by atoms with Crippen LogP contribution in [0.2, 0.25) is 5.02 Å². The Morgan fingerprint density at radius 2 is 2.32 bits per heavy atom. The predicted octanol–water partition coefficient (Wildman–Crippen LogP) is 2.55. The van der Waals surface area contributed by atoms with Crippen LogP contribution in [0.25, 0.3) is 0 Å². The summed E-state index contributed by atoms with van der Waals surface area (Å²) in [6.07, 6.45) is 1.72. The number of carbonyl (C=O) groups excluding carboxylic acids is 1. The third-order valence-corrected chi connectivity index (χ3v) is 4.65. The fourth-order valence-electron chi connectivity index (χ4n) is 2.60. The Hall–Kier alpha value is -1.33. The highest BCUT2D eigenvalue weighted by Gasteiger charge is 2.27. The molecular weight excluding hydrogens is 305 g/mol. The minimum Gasteiger partial charge on any atom is -0.369 e. The van der Waals surface area contributed by atoms with Crippen LogP contribution >= 0.6 is 11.6 Å². The summed E-state index contributed by atoms with van der Waals surface area (Å²) < 4.78 is 13.2. The van der Waals surface area contributed by atoms with Crippen molar-refractivity contribution in [2.45, 2.75) is 38.8 Å².